The second kappa shape index (κ2) is 3.05. The standard InChI is InChI=1S/C6H11O2/c1-7-6-4-2-3-5-8-6/h4,6H,2-3,5H2,1H3. The second-order valence-corrected chi connectivity index (χ2v) is 1.85. The van der Waals surface area contributed by atoms with E-state index in [0.29, 0.717) is 0 Å². The maximum absolute atomic E-state index is 5.15. The number of rotatable bonds is 1. The van der Waals surface area contributed by atoms with Crippen molar-refractivity contribution in [3.63, 3.8) is 0 Å². The highest BCUT2D eigenvalue weighted by atomic mass is 16.7. The zero-order valence-electron chi connectivity index (χ0n) is 5.09. The molecule has 1 unspecified atom stereocenters. The predicted octanol–water partition coefficient (Wildman–Crippen LogP) is 0.974. The highest BCUT2D eigenvalue weighted by Crippen LogP contribution is 2.10. The van der Waals surface area contributed by atoms with Crippen molar-refractivity contribution in [3.05, 3.63) is 6.42 Å². The molecule has 1 radical (unpaired) electrons. The summed E-state index contributed by atoms with van der Waals surface area (Å²) < 4.78 is 10.1. The van der Waals surface area contributed by atoms with E-state index >= 15 is 0 Å². The molecule has 8 heavy (non-hydrogen) atoms. The Kier molecular flexibility index (Phi) is 2.30. The molecule has 1 rings (SSSR count). The van der Waals surface area contributed by atoms with Crippen LogP contribution < -0.4 is 0 Å². The smallest absolute Gasteiger partial charge is 0.160 e. The van der Waals surface area contributed by atoms with Crippen molar-refractivity contribution >= 4 is 0 Å². The summed E-state index contributed by atoms with van der Waals surface area (Å²) in [5, 5.41) is 0. The Labute approximate surface area is 49.8 Å². The molecule has 1 fully saturated rings. The largest absolute Gasteiger partial charge is 0.356 e. The molecular weight excluding hydrogens is 104 g/mol. The van der Waals surface area contributed by atoms with Crippen LogP contribution in [0.5, 0.6) is 0 Å². The summed E-state index contributed by atoms with van der Waals surface area (Å²) in [6, 6.07) is 0. The lowest BCUT2D eigenvalue weighted by molar-refractivity contribution is -0.116. The van der Waals surface area contributed by atoms with E-state index in [0.717, 1.165) is 19.4 Å². The first-order valence-corrected chi connectivity index (χ1v) is 2.91. The lowest BCUT2D eigenvalue weighted by Crippen LogP contribution is -2.20. The highest BCUT2D eigenvalue weighted by molar-refractivity contribution is 4.72. The van der Waals surface area contributed by atoms with Crippen LogP contribution in [-0.4, -0.2) is 20.0 Å². The molecule has 47 valence electrons. The zero-order valence-corrected chi connectivity index (χ0v) is 5.09. The van der Waals surface area contributed by atoms with Crippen LogP contribution in [0.4, 0.5) is 0 Å². The van der Waals surface area contributed by atoms with Crippen molar-refractivity contribution < 1.29 is 9.47 Å². The molecule has 0 spiro atoms. The molecule has 0 aromatic heterocycles. The van der Waals surface area contributed by atoms with Gasteiger partial charge in [0.15, 0.2) is 6.29 Å². The molecule has 0 amide bonds. The number of hydrogen-bond acceptors (Lipinski definition) is 2. The molecule has 1 atom stereocenters. The van der Waals surface area contributed by atoms with E-state index < -0.39 is 0 Å². The summed E-state index contributed by atoms with van der Waals surface area (Å²) in [4.78, 5) is 0. The Morgan fingerprint density at radius 3 is 3.00 bits per heavy atom. The van der Waals surface area contributed by atoms with Gasteiger partial charge in [0.25, 0.3) is 0 Å². The van der Waals surface area contributed by atoms with Crippen LogP contribution in [0.3, 0.4) is 0 Å². The van der Waals surface area contributed by atoms with Crippen LogP contribution in [0.25, 0.3) is 0 Å². The molecule has 0 bridgehead atoms. The third-order valence-corrected chi connectivity index (χ3v) is 1.22. The third kappa shape index (κ3) is 1.46. The van der Waals surface area contributed by atoms with E-state index in [-0.39, 0.29) is 6.29 Å². The first-order valence-electron chi connectivity index (χ1n) is 2.91. The molecule has 0 aromatic rings. The number of ether oxygens (including phenoxy) is 2. The number of hydrogen-bond donors (Lipinski definition) is 0. The minimum atomic E-state index is -0.0382. The molecule has 0 aromatic carbocycles. The highest BCUT2D eigenvalue weighted by Gasteiger charge is 2.11. The normalized spacial score (nSPS) is 30.4. The van der Waals surface area contributed by atoms with E-state index in [2.05, 4.69) is 0 Å². The average Bonchev–Trinajstić information content (AvgIpc) is 1.90. The fourth-order valence-corrected chi connectivity index (χ4v) is 0.769. The molecule has 0 saturated carbocycles. The molecule has 2 nitrogen and oxygen atoms in total. The summed E-state index contributed by atoms with van der Waals surface area (Å²) in [5.74, 6) is 0. The molecule has 0 aliphatic carbocycles. The van der Waals surface area contributed by atoms with Crippen molar-refractivity contribution in [2.45, 2.75) is 19.1 Å². The average molecular weight is 115 g/mol. The summed E-state index contributed by atoms with van der Waals surface area (Å²) >= 11 is 0. The molecule has 2 heteroatoms. The van der Waals surface area contributed by atoms with E-state index in [1.807, 2.05) is 6.42 Å². The Morgan fingerprint density at radius 1 is 1.75 bits per heavy atom. The van der Waals surface area contributed by atoms with E-state index in [1.165, 1.54) is 0 Å². The minimum Gasteiger partial charge on any atom is -0.356 e. The first kappa shape index (κ1) is 6.05. The minimum absolute atomic E-state index is 0.0382. The zero-order chi connectivity index (χ0) is 5.82. The van der Waals surface area contributed by atoms with Crippen molar-refractivity contribution in [1.82, 2.24) is 0 Å². The predicted molar refractivity (Wildman–Crippen MR) is 30.3 cm³/mol. The van der Waals surface area contributed by atoms with Crippen molar-refractivity contribution in [2.24, 2.45) is 0 Å². The quantitative estimate of drug-likeness (QED) is 0.507. The van der Waals surface area contributed by atoms with Gasteiger partial charge >= 0.3 is 0 Å². The Morgan fingerprint density at radius 2 is 2.62 bits per heavy atom. The molecular formula is C6H11O2. The van der Waals surface area contributed by atoms with Gasteiger partial charge in [-0.15, -0.1) is 0 Å². The Balaban J connectivity index is 2.13. The van der Waals surface area contributed by atoms with Crippen molar-refractivity contribution in [1.29, 1.82) is 0 Å². The monoisotopic (exact) mass is 115 g/mol. The van der Waals surface area contributed by atoms with Gasteiger partial charge in [-0.1, -0.05) is 0 Å². The van der Waals surface area contributed by atoms with Gasteiger partial charge in [-0.3, -0.25) is 0 Å². The summed E-state index contributed by atoms with van der Waals surface area (Å²) in [6.07, 6.45) is 4.27. The van der Waals surface area contributed by atoms with Crippen molar-refractivity contribution in [2.75, 3.05) is 13.7 Å². The van der Waals surface area contributed by atoms with Gasteiger partial charge in [0.1, 0.15) is 0 Å². The van der Waals surface area contributed by atoms with E-state index in [4.69, 9.17) is 9.47 Å². The van der Waals surface area contributed by atoms with E-state index in [1.54, 1.807) is 7.11 Å². The molecule has 1 saturated heterocycles. The maximum atomic E-state index is 5.15. The van der Waals surface area contributed by atoms with Crippen LogP contribution in [-0.2, 0) is 9.47 Å². The van der Waals surface area contributed by atoms with Gasteiger partial charge in [0.05, 0.1) is 0 Å². The fourth-order valence-electron chi connectivity index (χ4n) is 0.769. The summed E-state index contributed by atoms with van der Waals surface area (Å²) in [7, 11) is 1.66. The summed E-state index contributed by atoms with van der Waals surface area (Å²) in [6.45, 7) is 0.842. The van der Waals surface area contributed by atoms with E-state index in [9.17, 15) is 0 Å². The van der Waals surface area contributed by atoms with Gasteiger partial charge in [-0.2, -0.15) is 0 Å². The van der Waals surface area contributed by atoms with Gasteiger partial charge in [0.2, 0.25) is 0 Å². The fraction of sp³-hybridized carbons (Fsp3) is 0.833. The van der Waals surface area contributed by atoms with Gasteiger partial charge in [-0.05, 0) is 12.8 Å². The Bertz CT molecular complexity index is 57.5. The van der Waals surface area contributed by atoms with Crippen LogP contribution in [0.15, 0.2) is 0 Å². The third-order valence-electron chi connectivity index (χ3n) is 1.22. The van der Waals surface area contributed by atoms with Crippen LogP contribution in [0.2, 0.25) is 0 Å². The lowest BCUT2D eigenvalue weighted by Gasteiger charge is -2.19. The van der Waals surface area contributed by atoms with Crippen LogP contribution in [0.1, 0.15) is 12.8 Å². The van der Waals surface area contributed by atoms with Gasteiger partial charge in [0, 0.05) is 20.1 Å². The van der Waals surface area contributed by atoms with Gasteiger partial charge in [-0.25, -0.2) is 0 Å². The van der Waals surface area contributed by atoms with Crippen molar-refractivity contribution in [3.8, 4) is 0 Å². The molecule has 1 aliphatic rings. The molecule has 0 N–H and O–H groups in total. The van der Waals surface area contributed by atoms with Crippen LogP contribution in [0, 0.1) is 6.42 Å². The topological polar surface area (TPSA) is 18.5 Å². The molecule has 1 aliphatic heterocycles. The SMILES string of the molecule is COC1[CH]CCCO1. The lowest BCUT2D eigenvalue weighted by atomic mass is 10.2. The number of methoxy groups -OCH3 is 1. The van der Waals surface area contributed by atoms with Crippen LogP contribution >= 0.6 is 0 Å². The summed E-state index contributed by atoms with van der Waals surface area (Å²) in [5.41, 5.74) is 0. The first-order chi connectivity index (χ1) is 3.93. The Hall–Kier alpha value is -0.0800. The second-order valence-electron chi connectivity index (χ2n) is 1.85. The maximum Gasteiger partial charge on any atom is 0.160 e. The molecule has 1 heterocycles. The van der Waals surface area contributed by atoms with Gasteiger partial charge < -0.3 is 9.47 Å².